The molecule has 0 saturated heterocycles. The van der Waals surface area contributed by atoms with Crippen molar-refractivity contribution in [2.45, 2.75) is 11.8 Å². The molecule has 21 heavy (non-hydrogen) atoms. The molecule has 0 atom stereocenters. The van der Waals surface area contributed by atoms with Crippen LogP contribution in [0.1, 0.15) is 6.92 Å². The van der Waals surface area contributed by atoms with Crippen LogP contribution in [0.2, 0.25) is 0 Å². The van der Waals surface area contributed by atoms with Crippen LogP contribution < -0.4 is 10.0 Å². The van der Waals surface area contributed by atoms with Gasteiger partial charge in [-0.05, 0) is 52.3 Å². The number of aromatic nitrogens is 2. The average molecular weight is 371 g/mol. The average Bonchev–Trinajstić information content (AvgIpc) is 2.41. The molecule has 1 aromatic heterocycles. The fourth-order valence-electron chi connectivity index (χ4n) is 1.49. The Bertz CT molecular complexity index is 745. The normalized spacial score (nSPS) is 11.0. The Hall–Kier alpha value is -2.00. The van der Waals surface area contributed by atoms with Crippen molar-refractivity contribution in [2.75, 3.05) is 10.0 Å². The van der Waals surface area contributed by atoms with Gasteiger partial charge in [0, 0.05) is 12.6 Å². The van der Waals surface area contributed by atoms with E-state index in [0.29, 0.717) is 10.3 Å². The molecule has 1 amide bonds. The first-order chi connectivity index (χ1) is 9.87. The zero-order chi connectivity index (χ0) is 15.5. The van der Waals surface area contributed by atoms with Gasteiger partial charge in [0.2, 0.25) is 5.91 Å². The molecule has 0 fully saturated rings. The van der Waals surface area contributed by atoms with Crippen molar-refractivity contribution in [3.05, 3.63) is 41.0 Å². The summed E-state index contributed by atoms with van der Waals surface area (Å²) in [6.07, 6.45) is 0. The van der Waals surface area contributed by atoms with E-state index in [1.807, 2.05) is 0 Å². The van der Waals surface area contributed by atoms with Gasteiger partial charge in [-0.15, -0.1) is 10.2 Å². The number of carbonyl (C=O) groups excluding carboxylic acids is 1. The van der Waals surface area contributed by atoms with Crippen molar-refractivity contribution in [3.63, 3.8) is 0 Å². The smallest absolute Gasteiger partial charge is 0.263 e. The summed E-state index contributed by atoms with van der Waals surface area (Å²) in [5, 5.41) is 9.96. The van der Waals surface area contributed by atoms with Crippen molar-refractivity contribution in [2.24, 2.45) is 0 Å². The molecule has 1 heterocycles. The van der Waals surface area contributed by atoms with Gasteiger partial charge >= 0.3 is 0 Å². The molecule has 7 nitrogen and oxygen atoms in total. The maximum absolute atomic E-state index is 12.1. The molecule has 2 aromatic rings. The Morgan fingerprint density at radius 3 is 2.29 bits per heavy atom. The predicted molar refractivity (Wildman–Crippen MR) is 81.3 cm³/mol. The van der Waals surface area contributed by atoms with Gasteiger partial charge < -0.3 is 5.32 Å². The van der Waals surface area contributed by atoms with Gasteiger partial charge in [-0.2, -0.15) is 0 Å². The lowest BCUT2D eigenvalue weighted by Gasteiger charge is -2.08. The summed E-state index contributed by atoms with van der Waals surface area (Å²) in [4.78, 5) is 11.0. The van der Waals surface area contributed by atoms with E-state index in [0.717, 1.165) is 0 Å². The third kappa shape index (κ3) is 4.23. The second-order valence-corrected chi connectivity index (χ2v) is 6.55. The quantitative estimate of drug-likeness (QED) is 0.856. The number of hydrogen-bond donors (Lipinski definition) is 2. The molecular formula is C12H11BrN4O3S. The lowest BCUT2D eigenvalue weighted by atomic mass is 10.3. The van der Waals surface area contributed by atoms with Crippen molar-refractivity contribution in [1.29, 1.82) is 0 Å². The van der Waals surface area contributed by atoms with Gasteiger partial charge in [0.15, 0.2) is 5.82 Å². The molecule has 0 spiro atoms. The lowest BCUT2D eigenvalue weighted by molar-refractivity contribution is -0.114. The Kier molecular flexibility index (Phi) is 4.53. The first-order valence-electron chi connectivity index (χ1n) is 5.76. The van der Waals surface area contributed by atoms with Crippen molar-refractivity contribution in [1.82, 2.24) is 10.2 Å². The standard InChI is InChI=1S/C12H11BrN4O3S/c1-8(18)14-9-2-4-10(5-3-9)21(19,20)17-12-7-6-11(13)15-16-12/h2-7H,1H3,(H,14,18)(H,16,17). The molecule has 0 aliphatic heterocycles. The molecule has 1 aromatic carbocycles. The topological polar surface area (TPSA) is 101 Å². The number of halogens is 1. The Balaban J connectivity index is 2.19. The Labute approximate surface area is 130 Å². The van der Waals surface area contributed by atoms with Gasteiger partial charge in [0.05, 0.1) is 4.90 Å². The summed E-state index contributed by atoms with van der Waals surface area (Å²) in [6, 6.07) is 8.84. The monoisotopic (exact) mass is 370 g/mol. The molecule has 2 N–H and O–H groups in total. The van der Waals surface area contributed by atoms with E-state index in [1.165, 1.54) is 37.3 Å². The van der Waals surface area contributed by atoms with Crippen LogP contribution in [0.3, 0.4) is 0 Å². The van der Waals surface area contributed by atoms with Gasteiger partial charge in [-0.3, -0.25) is 9.52 Å². The van der Waals surface area contributed by atoms with E-state index in [2.05, 4.69) is 36.2 Å². The van der Waals surface area contributed by atoms with Crippen LogP contribution in [0.4, 0.5) is 11.5 Å². The molecule has 2 rings (SSSR count). The van der Waals surface area contributed by atoms with Crippen LogP contribution in [-0.4, -0.2) is 24.5 Å². The van der Waals surface area contributed by atoms with Crippen molar-refractivity contribution in [3.8, 4) is 0 Å². The second kappa shape index (κ2) is 6.19. The largest absolute Gasteiger partial charge is 0.326 e. The molecule has 0 bridgehead atoms. The number of rotatable bonds is 4. The number of anilines is 2. The fourth-order valence-corrected chi connectivity index (χ4v) is 2.70. The first-order valence-corrected chi connectivity index (χ1v) is 8.04. The number of benzene rings is 1. The summed E-state index contributed by atoms with van der Waals surface area (Å²) < 4.78 is 27.1. The summed E-state index contributed by atoms with van der Waals surface area (Å²) in [7, 11) is -3.75. The van der Waals surface area contributed by atoms with E-state index in [-0.39, 0.29) is 16.6 Å². The number of hydrogen-bond acceptors (Lipinski definition) is 5. The van der Waals surface area contributed by atoms with Crippen LogP contribution >= 0.6 is 15.9 Å². The maximum Gasteiger partial charge on any atom is 0.263 e. The van der Waals surface area contributed by atoms with Crippen LogP contribution in [-0.2, 0) is 14.8 Å². The number of nitrogens with zero attached hydrogens (tertiary/aromatic N) is 2. The zero-order valence-corrected chi connectivity index (χ0v) is 13.3. The highest BCUT2D eigenvalue weighted by Crippen LogP contribution is 2.17. The Morgan fingerprint density at radius 2 is 1.76 bits per heavy atom. The summed E-state index contributed by atoms with van der Waals surface area (Å²) >= 11 is 3.11. The molecule has 0 aliphatic rings. The lowest BCUT2D eigenvalue weighted by Crippen LogP contribution is -2.14. The van der Waals surface area contributed by atoms with Gasteiger partial charge in [0.25, 0.3) is 10.0 Å². The molecule has 110 valence electrons. The van der Waals surface area contributed by atoms with E-state index in [4.69, 9.17) is 0 Å². The minimum absolute atomic E-state index is 0.0568. The van der Waals surface area contributed by atoms with Crippen LogP contribution in [0.15, 0.2) is 45.9 Å². The number of nitrogens with one attached hydrogen (secondary N) is 2. The summed E-state index contributed by atoms with van der Waals surface area (Å²) in [6.45, 7) is 1.37. The minimum atomic E-state index is -3.75. The third-order valence-corrected chi connectivity index (χ3v) is 4.15. The molecule has 0 radical (unpaired) electrons. The van der Waals surface area contributed by atoms with Crippen molar-refractivity contribution < 1.29 is 13.2 Å². The van der Waals surface area contributed by atoms with E-state index in [1.54, 1.807) is 6.07 Å². The first kappa shape index (κ1) is 15.4. The maximum atomic E-state index is 12.1. The number of sulfonamides is 1. The predicted octanol–water partition coefficient (Wildman–Crippen LogP) is 2.00. The highest BCUT2D eigenvalue weighted by atomic mass is 79.9. The summed E-state index contributed by atoms with van der Waals surface area (Å²) in [5.74, 6) is -0.113. The van der Waals surface area contributed by atoms with Crippen LogP contribution in [0.5, 0.6) is 0 Å². The van der Waals surface area contributed by atoms with E-state index >= 15 is 0 Å². The molecule has 0 unspecified atom stereocenters. The van der Waals surface area contributed by atoms with Crippen LogP contribution in [0.25, 0.3) is 0 Å². The molecular weight excluding hydrogens is 360 g/mol. The van der Waals surface area contributed by atoms with Gasteiger partial charge in [-0.1, -0.05) is 0 Å². The minimum Gasteiger partial charge on any atom is -0.326 e. The second-order valence-electron chi connectivity index (χ2n) is 4.05. The van der Waals surface area contributed by atoms with Gasteiger partial charge in [0.1, 0.15) is 4.60 Å². The molecule has 9 heteroatoms. The van der Waals surface area contributed by atoms with Gasteiger partial charge in [-0.25, -0.2) is 8.42 Å². The van der Waals surface area contributed by atoms with E-state index in [9.17, 15) is 13.2 Å². The van der Waals surface area contributed by atoms with Crippen molar-refractivity contribution >= 4 is 43.4 Å². The number of amides is 1. The fraction of sp³-hybridized carbons (Fsp3) is 0.0833. The molecule has 0 saturated carbocycles. The highest BCUT2D eigenvalue weighted by Gasteiger charge is 2.15. The van der Waals surface area contributed by atoms with E-state index < -0.39 is 10.0 Å². The Morgan fingerprint density at radius 1 is 1.10 bits per heavy atom. The SMILES string of the molecule is CC(=O)Nc1ccc(S(=O)(=O)Nc2ccc(Br)nn2)cc1. The highest BCUT2D eigenvalue weighted by molar-refractivity contribution is 9.10. The molecule has 0 aliphatic carbocycles. The third-order valence-electron chi connectivity index (χ3n) is 2.36. The summed E-state index contributed by atoms with van der Waals surface area (Å²) in [5.41, 5.74) is 0.518. The number of carbonyl (C=O) groups is 1. The van der Waals surface area contributed by atoms with Crippen LogP contribution in [0, 0.1) is 0 Å². The zero-order valence-electron chi connectivity index (χ0n) is 10.9.